The number of amides is 2. The lowest BCUT2D eigenvalue weighted by Crippen LogP contribution is -2.27. The molecule has 0 saturated carbocycles. The SMILES string of the molecule is CCOc1cc(/C=C2\SC(=O)N(Cc3ccc(C)cc3)C2=O)cc(Cl)c1OCc1cccc(F)c1. The molecule has 3 aromatic carbocycles. The summed E-state index contributed by atoms with van der Waals surface area (Å²) >= 11 is 7.37. The van der Waals surface area contributed by atoms with Gasteiger partial charge in [-0.05, 0) is 72.6 Å². The standard InChI is InChI=1S/C27H23ClFNO4S/c1-3-33-23-13-20(12-22(28)25(23)34-16-19-5-4-6-21(29)11-19)14-24-26(31)30(27(32)35-24)15-18-9-7-17(2)8-10-18/h4-14H,3,15-16H2,1-2H3/b24-14-. The minimum atomic E-state index is -0.360. The van der Waals surface area contributed by atoms with Gasteiger partial charge in [0.25, 0.3) is 11.1 Å². The van der Waals surface area contributed by atoms with Crippen molar-refractivity contribution in [1.29, 1.82) is 0 Å². The van der Waals surface area contributed by atoms with Crippen molar-refractivity contribution < 1.29 is 23.5 Å². The van der Waals surface area contributed by atoms with Gasteiger partial charge in [0.2, 0.25) is 0 Å². The molecule has 0 aliphatic carbocycles. The molecule has 1 heterocycles. The maximum Gasteiger partial charge on any atom is 0.293 e. The van der Waals surface area contributed by atoms with Crippen LogP contribution in [0.15, 0.2) is 65.6 Å². The van der Waals surface area contributed by atoms with Crippen LogP contribution in [0.3, 0.4) is 0 Å². The highest BCUT2D eigenvalue weighted by Crippen LogP contribution is 2.39. The molecule has 0 N–H and O–H groups in total. The molecule has 0 radical (unpaired) electrons. The summed E-state index contributed by atoms with van der Waals surface area (Å²) in [4.78, 5) is 27.0. The van der Waals surface area contributed by atoms with Crippen LogP contribution < -0.4 is 9.47 Å². The molecular formula is C27H23ClFNO4S. The maximum absolute atomic E-state index is 13.5. The van der Waals surface area contributed by atoms with Crippen LogP contribution in [0.1, 0.15) is 29.2 Å². The summed E-state index contributed by atoms with van der Waals surface area (Å²) < 4.78 is 25.0. The van der Waals surface area contributed by atoms with Gasteiger partial charge in [-0.3, -0.25) is 14.5 Å². The Morgan fingerprint density at radius 2 is 1.80 bits per heavy atom. The first-order valence-corrected chi connectivity index (χ1v) is 12.2. The van der Waals surface area contributed by atoms with E-state index in [0.717, 1.165) is 22.9 Å². The Morgan fingerprint density at radius 3 is 2.51 bits per heavy atom. The fourth-order valence-electron chi connectivity index (χ4n) is 3.52. The summed E-state index contributed by atoms with van der Waals surface area (Å²) in [7, 11) is 0. The summed E-state index contributed by atoms with van der Waals surface area (Å²) in [6.45, 7) is 4.48. The number of imide groups is 1. The van der Waals surface area contributed by atoms with E-state index >= 15 is 0 Å². The van der Waals surface area contributed by atoms with Crippen LogP contribution in [0.4, 0.5) is 9.18 Å². The Hall–Kier alpha value is -3.29. The van der Waals surface area contributed by atoms with Crippen molar-refractivity contribution in [2.24, 2.45) is 0 Å². The molecule has 0 unspecified atom stereocenters. The molecule has 1 aliphatic heterocycles. The van der Waals surface area contributed by atoms with Crippen molar-refractivity contribution in [3.63, 3.8) is 0 Å². The molecule has 0 atom stereocenters. The Morgan fingerprint density at radius 1 is 1.03 bits per heavy atom. The Kier molecular flexibility index (Phi) is 7.78. The van der Waals surface area contributed by atoms with Gasteiger partial charge in [-0.1, -0.05) is 53.6 Å². The number of ether oxygens (including phenoxy) is 2. The number of carbonyl (C=O) groups excluding carboxylic acids is 2. The zero-order valence-corrected chi connectivity index (χ0v) is 20.8. The number of thioether (sulfide) groups is 1. The molecule has 0 bridgehead atoms. The molecule has 35 heavy (non-hydrogen) atoms. The number of aryl methyl sites for hydroxylation is 1. The summed E-state index contributed by atoms with van der Waals surface area (Å²) in [5, 5.41) is -0.0505. The Labute approximate surface area is 212 Å². The van der Waals surface area contributed by atoms with E-state index in [4.69, 9.17) is 21.1 Å². The van der Waals surface area contributed by atoms with E-state index in [0.29, 0.717) is 34.1 Å². The van der Waals surface area contributed by atoms with E-state index < -0.39 is 0 Å². The Bertz CT molecular complexity index is 1290. The molecule has 1 fully saturated rings. The lowest BCUT2D eigenvalue weighted by molar-refractivity contribution is -0.123. The van der Waals surface area contributed by atoms with Crippen LogP contribution in [-0.4, -0.2) is 22.7 Å². The molecule has 4 rings (SSSR count). The highest BCUT2D eigenvalue weighted by molar-refractivity contribution is 8.18. The second-order valence-electron chi connectivity index (χ2n) is 7.94. The third-order valence-corrected chi connectivity index (χ3v) is 6.42. The molecule has 1 aliphatic rings. The summed E-state index contributed by atoms with van der Waals surface area (Å²) in [5.74, 6) is -0.000991. The summed E-state index contributed by atoms with van der Waals surface area (Å²) in [6.07, 6.45) is 1.62. The normalized spacial score (nSPS) is 14.6. The van der Waals surface area contributed by atoms with Gasteiger partial charge in [0, 0.05) is 0 Å². The van der Waals surface area contributed by atoms with Crippen LogP contribution in [-0.2, 0) is 17.9 Å². The van der Waals surface area contributed by atoms with Crippen molar-refractivity contribution in [3.8, 4) is 11.5 Å². The van der Waals surface area contributed by atoms with Crippen LogP contribution in [0.25, 0.3) is 6.08 Å². The zero-order valence-electron chi connectivity index (χ0n) is 19.2. The van der Waals surface area contributed by atoms with Crippen molar-refractivity contribution in [3.05, 3.63) is 98.7 Å². The highest BCUT2D eigenvalue weighted by Gasteiger charge is 2.35. The molecule has 180 valence electrons. The average Bonchev–Trinajstić information content (AvgIpc) is 3.07. The number of hydrogen-bond acceptors (Lipinski definition) is 5. The van der Waals surface area contributed by atoms with Crippen molar-refractivity contribution in [1.82, 2.24) is 4.90 Å². The molecule has 8 heteroatoms. The highest BCUT2D eigenvalue weighted by atomic mass is 35.5. The number of benzene rings is 3. The molecular weight excluding hydrogens is 489 g/mol. The van der Waals surface area contributed by atoms with Gasteiger partial charge in [0.15, 0.2) is 11.5 Å². The van der Waals surface area contributed by atoms with E-state index in [1.807, 2.05) is 38.1 Å². The first-order chi connectivity index (χ1) is 16.8. The predicted molar refractivity (Wildman–Crippen MR) is 136 cm³/mol. The lowest BCUT2D eigenvalue weighted by atomic mass is 10.1. The minimum absolute atomic E-state index is 0.106. The molecule has 0 aromatic heterocycles. The van der Waals surface area contributed by atoms with Gasteiger partial charge >= 0.3 is 0 Å². The number of hydrogen-bond donors (Lipinski definition) is 0. The second-order valence-corrected chi connectivity index (χ2v) is 9.34. The van der Waals surface area contributed by atoms with E-state index in [-0.39, 0.29) is 35.1 Å². The minimum Gasteiger partial charge on any atom is -0.490 e. The van der Waals surface area contributed by atoms with E-state index in [2.05, 4.69) is 0 Å². The first kappa shape index (κ1) is 24.8. The number of nitrogens with zero attached hydrogens (tertiary/aromatic N) is 1. The fraction of sp³-hybridized carbons (Fsp3) is 0.185. The molecule has 3 aromatic rings. The summed E-state index contributed by atoms with van der Waals surface area (Å²) in [6, 6.07) is 17.1. The number of carbonyl (C=O) groups is 2. The number of rotatable bonds is 8. The van der Waals surface area contributed by atoms with Crippen LogP contribution >= 0.6 is 23.4 Å². The smallest absolute Gasteiger partial charge is 0.293 e. The quantitative estimate of drug-likeness (QED) is 0.305. The van der Waals surface area contributed by atoms with Crippen molar-refractivity contribution in [2.45, 2.75) is 27.0 Å². The zero-order chi connectivity index (χ0) is 24.9. The molecule has 0 spiro atoms. The van der Waals surface area contributed by atoms with E-state index in [9.17, 15) is 14.0 Å². The maximum atomic E-state index is 13.5. The lowest BCUT2D eigenvalue weighted by Gasteiger charge is -2.15. The van der Waals surface area contributed by atoms with Gasteiger partial charge < -0.3 is 9.47 Å². The van der Waals surface area contributed by atoms with Gasteiger partial charge in [-0.25, -0.2) is 4.39 Å². The van der Waals surface area contributed by atoms with Gasteiger partial charge in [-0.15, -0.1) is 0 Å². The van der Waals surface area contributed by atoms with Crippen LogP contribution in [0, 0.1) is 12.7 Å². The molecule has 5 nitrogen and oxygen atoms in total. The summed E-state index contributed by atoms with van der Waals surface area (Å²) in [5.41, 5.74) is 3.22. The largest absolute Gasteiger partial charge is 0.490 e. The third kappa shape index (κ3) is 6.05. The number of halogens is 2. The fourth-order valence-corrected chi connectivity index (χ4v) is 4.63. The molecule has 2 amide bonds. The van der Waals surface area contributed by atoms with Gasteiger partial charge in [-0.2, -0.15) is 0 Å². The predicted octanol–water partition coefficient (Wildman–Crippen LogP) is 7.00. The van der Waals surface area contributed by atoms with E-state index in [1.54, 1.807) is 30.3 Å². The van der Waals surface area contributed by atoms with Gasteiger partial charge in [0.1, 0.15) is 12.4 Å². The van der Waals surface area contributed by atoms with Crippen molar-refractivity contribution in [2.75, 3.05) is 6.61 Å². The topological polar surface area (TPSA) is 55.8 Å². The van der Waals surface area contributed by atoms with Crippen LogP contribution in [0.2, 0.25) is 5.02 Å². The second kappa shape index (κ2) is 11.0. The average molecular weight is 512 g/mol. The third-order valence-electron chi connectivity index (χ3n) is 5.24. The van der Waals surface area contributed by atoms with Crippen molar-refractivity contribution >= 4 is 40.6 Å². The molecule has 1 saturated heterocycles. The monoisotopic (exact) mass is 511 g/mol. The first-order valence-electron chi connectivity index (χ1n) is 11.0. The van der Waals surface area contributed by atoms with Crippen LogP contribution in [0.5, 0.6) is 11.5 Å². The van der Waals surface area contributed by atoms with Gasteiger partial charge in [0.05, 0.1) is 23.1 Å². The Balaban J connectivity index is 1.55. The van der Waals surface area contributed by atoms with E-state index in [1.165, 1.54) is 17.0 Å².